The van der Waals surface area contributed by atoms with E-state index < -0.39 is 12.0 Å². The van der Waals surface area contributed by atoms with E-state index in [1.54, 1.807) is 19.2 Å². The Bertz CT molecular complexity index is 731. The molecule has 0 radical (unpaired) electrons. The molecule has 1 aromatic carbocycles. The van der Waals surface area contributed by atoms with Gasteiger partial charge in [-0.2, -0.15) is 0 Å². The highest BCUT2D eigenvalue weighted by molar-refractivity contribution is 5.99. The van der Waals surface area contributed by atoms with Crippen molar-refractivity contribution in [3.63, 3.8) is 0 Å². The molecule has 1 aliphatic carbocycles. The molecule has 8 heteroatoms. The molecule has 2 aliphatic rings. The van der Waals surface area contributed by atoms with Gasteiger partial charge in [-0.15, -0.1) is 0 Å². The van der Waals surface area contributed by atoms with Crippen LogP contribution >= 0.6 is 0 Å². The van der Waals surface area contributed by atoms with E-state index in [0.29, 0.717) is 37.1 Å². The van der Waals surface area contributed by atoms with E-state index in [-0.39, 0.29) is 37.4 Å². The second-order valence-corrected chi connectivity index (χ2v) is 7.45. The highest BCUT2D eigenvalue weighted by Gasteiger charge is 2.35. The highest BCUT2D eigenvalue weighted by atomic mass is 19.3. The van der Waals surface area contributed by atoms with Crippen LogP contribution in [0.3, 0.4) is 0 Å². The number of likely N-dealkylation sites (tertiary alicyclic amines) is 1. The third-order valence-electron chi connectivity index (χ3n) is 5.47. The highest BCUT2D eigenvalue weighted by Crippen LogP contribution is 2.35. The third-order valence-corrected chi connectivity index (χ3v) is 5.47. The first-order valence-electron chi connectivity index (χ1n) is 9.52. The Morgan fingerprint density at radius 2 is 2.00 bits per heavy atom. The Morgan fingerprint density at radius 3 is 2.61 bits per heavy atom. The Balaban J connectivity index is 1.62. The van der Waals surface area contributed by atoms with Crippen LogP contribution in [0.15, 0.2) is 18.2 Å². The van der Waals surface area contributed by atoms with Crippen molar-refractivity contribution in [1.29, 1.82) is 0 Å². The molecule has 1 unspecified atom stereocenters. The topological polar surface area (TPSA) is 67.9 Å². The summed E-state index contributed by atoms with van der Waals surface area (Å²) >= 11 is 0. The lowest BCUT2D eigenvalue weighted by Gasteiger charge is -2.28. The average Bonchev–Trinajstić information content (AvgIpc) is 3.00. The van der Waals surface area contributed by atoms with Crippen molar-refractivity contribution in [2.75, 3.05) is 19.5 Å². The summed E-state index contributed by atoms with van der Waals surface area (Å²) < 4.78 is 37.6. The zero-order valence-electron chi connectivity index (χ0n) is 16.2. The van der Waals surface area contributed by atoms with Gasteiger partial charge in [-0.1, -0.05) is 6.07 Å². The number of hydrogen-bond acceptors (Lipinski definition) is 4. The maximum absolute atomic E-state index is 13.2. The Labute approximate surface area is 163 Å². The number of nitrogens with zero attached hydrogens (tertiary/aromatic N) is 1. The van der Waals surface area contributed by atoms with Crippen LogP contribution in [-0.4, -0.2) is 48.9 Å². The number of rotatable bonds is 6. The number of halogens is 2. The summed E-state index contributed by atoms with van der Waals surface area (Å²) in [6, 6.07) is 4.80. The van der Waals surface area contributed by atoms with Crippen molar-refractivity contribution in [1.82, 2.24) is 4.90 Å². The van der Waals surface area contributed by atoms with Crippen molar-refractivity contribution in [3.05, 3.63) is 23.8 Å². The lowest BCUT2D eigenvalue weighted by Crippen LogP contribution is -2.38. The van der Waals surface area contributed by atoms with Crippen LogP contribution in [0.5, 0.6) is 5.75 Å². The molecule has 1 heterocycles. The number of hydrogen-bond donors (Lipinski definition) is 1. The van der Waals surface area contributed by atoms with E-state index in [1.807, 2.05) is 6.07 Å². The first-order valence-corrected chi connectivity index (χ1v) is 9.52. The number of methoxy groups -OCH3 is 1. The molecule has 1 N–H and O–H groups in total. The quantitative estimate of drug-likeness (QED) is 0.801. The van der Waals surface area contributed by atoms with Crippen LogP contribution in [0.4, 0.5) is 14.5 Å². The molecule has 6 nitrogen and oxygen atoms in total. The van der Waals surface area contributed by atoms with Crippen molar-refractivity contribution < 1.29 is 27.8 Å². The molecular formula is C20H26F2N2O4. The number of alkyl halides is 2. The van der Waals surface area contributed by atoms with Crippen LogP contribution < -0.4 is 10.1 Å². The number of likely N-dealkylation sites (N-methyl/N-ethyl adjacent to an activating group) is 1. The van der Waals surface area contributed by atoms with Gasteiger partial charge in [0.1, 0.15) is 11.8 Å². The largest absolute Gasteiger partial charge is 0.495 e. The van der Waals surface area contributed by atoms with E-state index >= 15 is 0 Å². The van der Waals surface area contributed by atoms with Gasteiger partial charge in [0.15, 0.2) is 0 Å². The molecule has 1 saturated heterocycles. The fourth-order valence-electron chi connectivity index (χ4n) is 3.66. The maximum atomic E-state index is 13.2. The van der Waals surface area contributed by atoms with Crippen LogP contribution in [0.2, 0.25) is 0 Å². The van der Waals surface area contributed by atoms with E-state index in [1.165, 1.54) is 12.0 Å². The van der Waals surface area contributed by atoms with E-state index in [4.69, 9.17) is 9.47 Å². The number of anilines is 1. The average molecular weight is 396 g/mol. The summed E-state index contributed by atoms with van der Waals surface area (Å²) in [5.74, 6) is -2.39. The third kappa shape index (κ3) is 4.79. The fraction of sp³-hybridized carbons (Fsp3) is 0.600. The molecule has 1 aromatic rings. The fourth-order valence-corrected chi connectivity index (χ4v) is 3.66. The molecule has 1 aliphatic heterocycles. The monoisotopic (exact) mass is 396 g/mol. The predicted molar refractivity (Wildman–Crippen MR) is 99.4 cm³/mol. The minimum Gasteiger partial charge on any atom is -0.495 e. The molecule has 2 amide bonds. The molecular weight excluding hydrogens is 370 g/mol. The molecule has 1 saturated carbocycles. The standard InChI is InChI=1S/C20H26F2N2O4/c1-24-16(4-6-18(24)25)19(26)23-15-11-13(3-5-17(15)27-2)12-28-14-7-9-20(21,22)10-8-14/h3,5,11,14,16H,4,6-10,12H2,1-2H3,(H,23,26). The summed E-state index contributed by atoms with van der Waals surface area (Å²) in [7, 11) is 3.13. The minimum atomic E-state index is -2.58. The molecule has 3 rings (SSSR count). The van der Waals surface area contributed by atoms with Crippen LogP contribution in [0.25, 0.3) is 0 Å². The molecule has 28 heavy (non-hydrogen) atoms. The molecule has 2 fully saturated rings. The Kier molecular flexibility index (Phi) is 6.17. The first kappa shape index (κ1) is 20.5. The van der Waals surface area contributed by atoms with Gasteiger partial charge >= 0.3 is 0 Å². The van der Waals surface area contributed by atoms with Gasteiger partial charge in [0.2, 0.25) is 17.7 Å². The lowest BCUT2D eigenvalue weighted by molar-refractivity contribution is -0.131. The normalized spacial score (nSPS) is 22.4. The number of benzene rings is 1. The number of nitrogens with one attached hydrogen (secondary N) is 1. The van der Waals surface area contributed by atoms with Crippen LogP contribution in [-0.2, 0) is 20.9 Å². The molecule has 1 atom stereocenters. The smallest absolute Gasteiger partial charge is 0.248 e. The lowest BCUT2D eigenvalue weighted by atomic mass is 9.94. The van der Waals surface area contributed by atoms with Crippen molar-refractivity contribution in [3.8, 4) is 5.75 Å². The summed E-state index contributed by atoms with van der Waals surface area (Å²) in [5.41, 5.74) is 1.31. The minimum absolute atomic E-state index is 0.0488. The maximum Gasteiger partial charge on any atom is 0.248 e. The number of carbonyl (C=O) groups is 2. The Morgan fingerprint density at radius 1 is 1.29 bits per heavy atom. The van der Waals surface area contributed by atoms with Crippen LogP contribution in [0, 0.1) is 0 Å². The molecule has 0 aromatic heterocycles. The van der Waals surface area contributed by atoms with Gasteiger partial charge in [-0.25, -0.2) is 8.78 Å². The zero-order chi connectivity index (χ0) is 20.3. The van der Waals surface area contributed by atoms with Gasteiger partial charge in [-0.05, 0) is 37.0 Å². The van der Waals surface area contributed by atoms with E-state index in [0.717, 1.165) is 5.56 Å². The van der Waals surface area contributed by atoms with Gasteiger partial charge < -0.3 is 19.7 Å². The SMILES string of the molecule is COc1ccc(COC2CCC(F)(F)CC2)cc1NC(=O)C1CCC(=O)N1C. The molecule has 154 valence electrons. The summed E-state index contributed by atoms with van der Waals surface area (Å²) in [6.07, 6.45) is 1.06. The number of ether oxygens (including phenoxy) is 2. The van der Waals surface area contributed by atoms with Crippen molar-refractivity contribution in [2.45, 2.75) is 63.2 Å². The summed E-state index contributed by atoms with van der Waals surface area (Å²) in [5, 5.41) is 2.83. The summed E-state index contributed by atoms with van der Waals surface area (Å²) in [6.45, 7) is 0.269. The molecule has 0 spiro atoms. The molecule has 0 bridgehead atoms. The zero-order valence-corrected chi connectivity index (χ0v) is 16.2. The van der Waals surface area contributed by atoms with Crippen molar-refractivity contribution >= 4 is 17.5 Å². The van der Waals surface area contributed by atoms with Crippen molar-refractivity contribution in [2.24, 2.45) is 0 Å². The number of amides is 2. The van der Waals surface area contributed by atoms with Gasteiger partial charge in [-0.3, -0.25) is 9.59 Å². The van der Waals surface area contributed by atoms with Gasteiger partial charge in [0, 0.05) is 26.3 Å². The predicted octanol–water partition coefficient (Wildman–Crippen LogP) is 3.35. The van der Waals surface area contributed by atoms with Crippen LogP contribution in [0.1, 0.15) is 44.1 Å². The van der Waals surface area contributed by atoms with E-state index in [2.05, 4.69) is 5.32 Å². The second-order valence-electron chi connectivity index (χ2n) is 7.45. The Hall–Kier alpha value is -2.22. The first-order chi connectivity index (χ1) is 13.3. The van der Waals surface area contributed by atoms with Gasteiger partial charge in [0.25, 0.3) is 0 Å². The number of carbonyl (C=O) groups excluding carboxylic acids is 2. The van der Waals surface area contributed by atoms with Gasteiger partial charge in [0.05, 0.1) is 25.5 Å². The summed E-state index contributed by atoms with van der Waals surface area (Å²) in [4.78, 5) is 25.7. The van der Waals surface area contributed by atoms with E-state index in [9.17, 15) is 18.4 Å². The second kappa shape index (κ2) is 8.43.